The Kier molecular flexibility index (Phi) is 5.01. The average molecular weight is 314 g/mol. The maximum atomic E-state index is 12.3. The standard InChI is InChI=1S/C18H22N2O3/c1-11-7-15(19)12(2)6-13(11)8-14-9-18(23)16(10-17(14)22)20(3)4-5-21/h6-7,9-10,21H,4-5,8,19H2,1-3H3. The molecular weight excluding hydrogens is 292 g/mol. The largest absolute Gasteiger partial charge is 0.399 e. The second-order valence-corrected chi connectivity index (χ2v) is 5.88. The monoisotopic (exact) mass is 314 g/mol. The van der Waals surface area contributed by atoms with Crippen LogP contribution in [0, 0.1) is 13.8 Å². The minimum absolute atomic E-state index is 0.0736. The van der Waals surface area contributed by atoms with Crippen molar-refractivity contribution >= 4 is 17.3 Å². The fourth-order valence-electron chi connectivity index (χ4n) is 2.59. The number of carbonyl (C=O) groups is 2. The zero-order chi connectivity index (χ0) is 17.1. The van der Waals surface area contributed by atoms with Crippen molar-refractivity contribution in [1.82, 2.24) is 4.90 Å². The fourth-order valence-corrected chi connectivity index (χ4v) is 2.59. The molecule has 0 saturated carbocycles. The molecular formula is C18H22N2O3. The molecule has 0 atom stereocenters. The first kappa shape index (κ1) is 17.0. The molecule has 0 aromatic heterocycles. The number of hydrogen-bond donors (Lipinski definition) is 2. The van der Waals surface area contributed by atoms with Gasteiger partial charge in [0.05, 0.1) is 12.3 Å². The van der Waals surface area contributed by atoms with Gasteiger partial charge in [-0.1, -0.05) is 6.07 Å². The van der Waals surface area contributed by atoms with Gasteiger partial charge in [0.1, 0.15) is 0 Å². The number of anilines is 1. The molecule has 3 N–H and O–H groups in total. The molecule has 5 nitrogen and oxygen atoms in total. The molecule has 1 aliphatic rings. The summed E-state index contributed by atoms with van der Waals surface area (Å²) in [7, 11) is 1.68. The van der Waals surface area contributed by atoms with Crippen molar-refractivity contribution < 1.29 is 14.7 Å². The minimum atomic E-state index is -0.208. The van der Waals surface area contributed by atoms with Gasteiger partial charge in [-0.15, -0.1) is 0 Å². The van der Waals surface area contributed by atoms with Crippen LogP contribution in [0.1, 0.15) is 16.7 Å². The summed E-state index contributed by atoms with van der Waals surface area (Å²) in [6, 6.07) is 3.84. The number of nitrogens with zero attached hydrogens (tertiary/aromatic N) is 1. The van der Waals surface area contributed by atoms with Gasteiger partial charge in [0, 0.05) is 37.3 Å². The van der Waals surface area contributed by atoms with Gasteiger partial charge in [-0.2, -0.15) is 0 Å². The van der Waals surface area contributed by atoms with Crippen molar-refractivity contribution in [3.05, 3.63) is 52.2 Å². The molecule has 0 fully saturated rings. The van der Waals surface area contributed by atoms with Gasteiger partial charge >= 0.3 is 0 Å². The summed E-state index contributed by atoms with van der Waals surface area (Å²) in [5, 5.41) is 8.95. The average Bonchev–Trinajstić information content (AvgIpc) is 2.48. The number of benzene rings is 1. The third-order valence-electron chi connectivity index (χ3n) is 4.09. The quantitative estimate of drug-likeness (QED) is 0.632. The fraction of sp³-hybridized carbons (Fsp3) is 0.333. The zero-order valence-corrected chi connectivity index (χ0v) is 13.7. The second kappa shape index (κ2) is 6.79. The van der Waals surface area contributed by atoms with E-state index in [4.69, 9.17) is 10.8 Å². The van der Waals surface area contributed by atoms with Crippen molar-refractivity contribution in [2.45, 2.75) is 20.3 Å². The van der Waals surface area contributed by atoms with E-state index in [1.54, 1.807) is 11.9 Å². The molecule has 0 unspecified atom stereocenters. The third-order valence-corrected chi connectivity index (χ3v) is 4.09. The molecule has 23 heavy (non-hydrogen) atoms. The molecule has 0 aliphatic heterocycles. The maximum Gasteiger partial charge on any atom is 0.202 e. The van der Waals surface area contributed by atoms with E-state index in [9.17, 15) is 9.59 Å². The van der Waals surface area contributed by atoms with E-state index in [-0.39, 0.29) is 18.2 Å². The van der Waals surface area contributed by atoms with Crippen LogP contribution in [0.15, 0.2) is 35.6 Å². The normalized spacial score (nSPS) is 14.6. The van der Waals surface area contributed by atoms with Gasteiger partial charge in [-0.3, -0.25) is 9.59 Å². The first-order valence-corrected chi connectivity index (χ1v) is 7.52. The molecule has 0 heterocycles. The molecule has 0 saturated heterocycles. The van der Waals surface area contributed by atoms with Gasteiger partial charge in [0.25, 0.3) is 0 Å². The first-order chi connectivity index (χ1) is 10.8. The Morgan fingerprint density at radius 3 is 2.43 bits per heavy atom. The smallest absolute Gasteiger partial charge is 0.202 e. The van der Waals surface area contributed by atoms with Gasteiger partial charge in [0.2, 0.25) is 5.78 Å². The number of ketones is 2. The number of nitrogens with two attached hydrogens (primary N) is 1. The predicted octanol–water partition coefficient (Wildman–Crippen LogP) is 1.31. The van der Waals surface area contributed by atoms with Crippen LogP contribution in [0.25, 0.3) is 0 Å². The molecule has 0 spiro atoms. The van der Waals surface area contributed by atoms with Crippen LogP contribution in [-0.2, 0) is 16.0 Å². The van der Waals surface area contributed by atoms with Gasteiger partial charge in [-0.05, 0) is 42.7 Å². The molecule has 1 aliphatic carbocycles. The highest BCUT2D eigenvalue weighted by molar-refractivity contribution is 6.19. The second-order valence-electron chi connectivity index (χ2n) is 5.88. The van der Waals surface area contributed by atoms with E-state index in [2.05, 4.69) is 0 Å². The van der Waals surface area contributed by atoms with Crippen molar-refractivity contribution in [2.75, 3.05) is 25.9 Å². The number of carbonyl (C=O) groups excluding carboxylic acids is 2. The number of aliphatic hydroxyl groups is 1. The number of aliphatic hydroxyl groups excluding tert-OH is 1. The Bertz CT molecular complexity index is 717. The van der Waals surface area contributed by atoms with E-state index in [1.165, 1.54) is 12.2 Å². The SMILES string of the molecule is Cc1cc(CC2=CC(=O)C(N(C)CCO)=CC2=O)c(C)cc1N. The Labute approximate surface area is 136 Å². The van der Waals surface area contributed by atoms with E-state index in [1.807, 2.05) is 26.0 Å². The molecule has 2 rings (SSSR count). The Balaban J connectivity index is 2.24. The molecule has 1 aromatic carbocycles. The van der Waals surface area contributed by atoms with Crippen LogP contribution < -0.4 is 5.73 Å². The highest BCUT2D eigenvalue weighted by atomic mass is 16.3. The van der Waals surface area contributed by atoms with E-state index < -0.39 is 0 Å². The summed E-state index contributed by atoms with van der Waals surface area (Å²) in [5.74, 6) is -0.376. The van der Waals surface area contributed by atoms with Crippen molar-refractivity contribution in [3.63, 3.8) is 0 Å². The van der Waals surface area contributed by atoms with Crippen LogP contribution >= 0.6 is 0 Å². The van der Waals surface area contributed by atoms with Gasteiger partial charge < -0.3 is 15.7 Å². The molecule has 5 heteroatoms. The third kappa shape index (κ3) is 3.68. The Morgan fingerprint density at radius 2 is 1.78 bits per heavy atom. The summed E-state index contributed by atoms with van der Waals surface area (Å²) in [5.41, 5.74) is 10.3. The lowest BCUT2D eigenvalue weighted by Gasteiger charge is -2.22. The summed E-state index contributed by atoms with van der Waals surface area (Å²) < 4.78 is 0. The predicted molar refractivity (Wildman–Crippen MR) is 89.9 cm³/mol. The molecule has 1 aromatic rings. The topological polar surface area (TPSA) is 83.6 Å². The number of likely N-dealkylation sites (N-methyl/N-ethyl adjacent to an activating group) is 1. The Morgan fingerprint density at radius 1 is 1.09 bits per heavy atom. The van der Waals surface area contributed by atoms with Gasteiger partial charge in [0.15, 0.2) is 5.78 Å². The summed E-state index contributed by atoms with van der Waals surface area (Å²) in [4.78, 5) is 26.1. The summed E-state index contributed by atoms with van der Waals surface area (Å²) >= 11 is 0. The van der Waals surface area contributed by atoms with Crippen molar-refractivity contribution in [1.29, 1.82) is 0 Å². The van der Waals surface area contributed by atoms with Crippen molar-refractivity contribution in [3.8, 4) is 0 Å². The van der Waals surface area contributed by atoms with Crippen LogP contribution in [0.5, 0.6) is 0 Å². The molecule has 0 radical (unpaired) electrons. The van der Waals surface area contributed by atoms with Gasteiger partial charge in [-0.25, -0.2) is 0 Å². The van der Waals surface area contributed by atoms with E-state index >= 15 is 0 Å². The van der Waals surface area contributed by atoms with E-state index in [0.717, 1.165) is 22.4 Å². The van der Waals surface area contributed by atoms with Crippen LogP contribution in [0.2, 0.25) is 0 Å². The zero-order valence-electron chi connectivity index (χ0n) is 13.7. The molecule has 122 valence electrons. The Hall–Kier alpha value is -2.40. The van der Waals surface area contributed by atoms with E-state index in [0.29, 0.717) is 24.2 Å². The number of hydrogen-bond acceptors (Lipinski definition) is 5. The van der Waals surface area contributed by atoms with Crippen molar-refractivity contribution in [2.24, 2.45) is 0 Å². The van der Waals surface area contributed by atoms with Crippen LogP contribution in [0.3, 0.4) is 0 Å². The minimum Gasteiger partial charge on any atom is -0.399 e. The summed E-state index contributed by atoms with van der Waals surface area (Å²) in [6.45, 7) is 4.10. The molecule has 0 bridgehead atoms. The lowest BCUT2D eigenvalue weighted by molar-refractivity contribution is -0.116. The maximum absolute atomic E-state index is 12.3. The first-order valence-electron chi connectivity index (χ1n) is 7.52. The summed E-state index contributed by atoms with van der Waals surface area (Å²) in [6.07, 6.45) is 3.16. The lowest BCUT2D eigenvalue weighted by Crippen LogP contribution is -2.29. The van der Waals surface area contributed by atoms with Crippen LogP contribution in [0.4, 0.5) is 5.69 Å². The number of nitrogen functional groups attached to an aromatic ring is 1. The highest BCUT2D eigenvalue weighted by Gasteiger charge is 2.23. The lowest BCUT2D eigenvalue weighted by atomic mass is 9.92. The van der Waals surface area contributed by atoms with Crippen LogP contribution in [-0.4, -0.2) is 41.8 Å². The molecule has 0 amide bonds. The number of aryl methyl sites for hydroxylation is 2. The number of allylic oxidation sites excluding steroid dienone is 3. The number of rotatable bonds is 5. The highest BCUT2D eigenvalue weighted by Crippen LogP contribution is 2.23.